The summed E-state index contributed by atoms with van der Waals surface area (Å²) in [5, 5.41) is 0. The lowest BCUT2D eigenvalue weighted by atomic mass is 9.97. The summed E-state index contributed by atoms with van der Waals surface area (Å²) in [5.74, 6) is 0.0574. The van der Waals surface area contributed by atoms with E-state index in [-0.39, 0.29) is 5.91 Å². The molecule has 0 aliphatic carbocycles. The van der Waals surface area contributed by atoms with Gasteiger partial charge in [-0.15, -0.1) is 0 Å². The molecule has 200 valence electrons. The molecule has 2 saturated heterocycles. The number of amides is 1. The maximum atomic E-state index is 13.5. The van der Waals surface area contributed by atoms with Gasteiger partial charge in [0.2, 0.25) is 0 Å². The van der Waals surface area contributed by atoms with Gasteiger partial charge < -0.3 is 14.7 Å². The van der Waals surface area contributed by atoms with E-state index in [1.165, 1.54) is 42.6 Å². The van der Waals surface area contributed by atoms with Crippen LogP contribution in [0.1, 0.15) is 53.0 Å². The van der Waals surface area contributed by atoms with Crippen LogP contribution in [0.5, 0.6) is 0 Å². The third-order valence-electron chi connectivity index (χ3n) is 8.57. The highest BCUT2D eigenvalue weighted by Gasteiger charge is 2.31. The number of aryl methyl sites for hydroxylation is 2. The third-order valence-corrected chi connectivity index (χ3v) is 8.57. The number of piperidine rings is 2. The molecule has 0 atom stereocenters. The molecule has 38 heavy (non-hydrogen) atoms. The predicted molar refractivity (Wildman–Crippen MR) is 153 cm³/mol. The van der Waals surface area contributed by atoms with Crippen molar-refractivity contribution in [1.82, 2.24) is 24.7 Å². The summed E-state index contributed by atoms with van der Waals surface area (Å²) in [6.45, 7) is 5.96. The fourth-order valence-corrected chi connectivity index (χ4v) is 6.11. The van der Waals surface area contributed by atoms with Crippen LogP contribution in [0.3, 0.4) is 0 Å². The Labute approximate surface area is 227 Å². The molecular weight excluding hydrogens is 470 g/mol. The van der Waals surface area contributed by atoms with E-state index in [0.717, 1.165) is 50.0 Å². The van der Waals surface area contributed by atoms with Crippen LogP contribution in [0.15, 0.2) is 60.9 Å². The topological polar surface area (TPSA) is 52.6 Å². The molecule has 2 aliphatic heterocycles. The zero-order valence-corrected chi connectivity index (χ0v) is 23.1. The molecular formula is C32H41N5O. The highest BCUT2D eigenvalue weighted by molar-refractivity contribution is 5.93. The second-order valence-corrected chi connectivity index (χ2v) is 11.1. The lowest BCUT2D eigenvalue weighted by Gasteiger charge is -2.42. The van der Waals surface area contributed by atoms with Crippen molar-refractivity contribution in [2.75, 3.05) is 40.3 Å². The van der Waals surface area contributed by atoms with E-state index in [2.05, 4.69) is 82.4 Å². The van der Waals surface area contributed by atoms with E-state index < -0.39 is 0 Å². The molecule has 0 N–H and O–H groups in total. The van der Waals surface area contributed by atoms with Gasteiger partial charge in [-0.05, 0) is 89.3 Å². The van der Waals surface area contributed by atoms with Gasteiger partial charge in [0.15, 0.2) is 0 Å². The number of likely N-dealkylation sites (tertiary alicyclic amines) is 2. The molecule has 0 radical (unpaired) electrons. The molecule has 0 bridgehead atoms. The van der Waals surface area contributed by atoms with E-state index in [4.69, 9.17) is 0 Å². The van der Waals surface area contributed by atoms with Crippen molar-refractivity contribution in [2.24, 2.45) is 0 Å². The first-order chi connectivity index (χ1) is 18.5. The van der Waals surface area contributed by atoms with E-state index in [1.54, 1.807) is 6.33 Å². The van der Waals surface area contributed by atoms with Crippen LogP contribution < -0.4 is 0 Å². The molecule has 3 heterocycles. The van der Waals surface area contributed by atoms with Crippen LogP contribution in [-0.2, 0) is 12.8 Å². The second kappa shape index (κ2) is 12.2. The smallest absolute Gasteiger partial charge is 0.272 e. The van der Waals surface area contributed by atoms with Crippen LogP contribution in [0, 0.1) is 6.92 Å². The quantitative estimate of drug-likeness (QED) is 0.453. The van der Waals surface area contributed by atoms with Gasteiger partial charge in [-0.25, -0.2) is 9.97 Å². The van der Waals surface area contributed by atoms with Crippen LogP contribution in [0.2, 0.25) is 0 Å². The van der Waals surface area contributed by atoms with Crippen molar-refractivity contribution in [2.45, 2.75) is 57.5 Å². The molecule has 2 aliphatic rings. The van der Waals surface area contributed by atoms with E-state index in [9.17, 15) is 4.79 Å². The second-order valence-electron chi connectivity index (χ2n) is 11.1. The first-order valence-corrected chi connectivity index (χ1v) is 14.1. The van der Waals surface area contributed by atoms with E-state index in [0.29, 0.717) is 17.8 Å². The summed E-state index contributed by atoms with van der Waals surface area (Å²) in [5.41, 5.74) is 6.18. The minimum Gasteiger partial charge on any atom is -0.337 e. The molecule has 0 spiro atoms. The van der Waals surface area contributed by atoms with Gasteiger partial charge in [-0.3, -0.25) is 4.79 Å². The molecule has 6 nitrogen and oxygen atoms in total. The van der Waals surface area contributed by atoms with Crippen molar-refractivity contribution < 1.29 is 4.79 Å². The largest absolute Gasteiger partial charge is 0.337 e. The van der Waals surface area contributed by atoms with Crippen molar-refractivity contribution in [3.63, 3.8) is 0 Å². The Kier molecular flexibility index (Phi) is 8.50. The van der Waals surface area contributed by atoms with Crippen LogP contribution in [0.4, 0.5) is 0 Å². The van der Waals surface area contributed by atoms with Gasteiger partial charge in [0, 0.05) is 36.4 Å². The Bertz CT molecular complexity index is 1210. The molecule has 6 heteroatoms. The Morgan fingerprint density at radius 2 is 1.58 bits per heavy atom. The predicted octanol–water partition coefficient (Wildman–Crippen LogP) is 4.87. The Morgan fingerprint density at radius 3 is 2.29 bits per heavy atom. The fourth-order valence-electron chi connectivity index (χ4n) is 6.11. The zero-order valence-electron chi connectivity index (χ0n) is 23.1. The van der Waals surface area contributed by atoms with Gasteiger partial charge in [-0.2, -0.15) is 0 Å². The standard InChI is InChI=1S/C32H41N5O/c1-24-30(13-12-25-8-7-11-27(22-25)26-9-5-4-6-10-26)33-23-34-31(24)32(38)37-20-16-29(17-21-37)36-18-14-28(15-19-36)35(2)3/h4-11,22-23,28-29H,12-21H2,1-3H3. The number of hydrogen-bond donors (Lipinski definition) is 0. The average molecular weight is 512 g/mol. The zero-order chi connectivity index (χ0) is 26.5. The Balaban J connectivity index is 1.18. The number of hydrogen-bond acceptors (Lipinski definition) is 5. The number of nitrogens with zero attached hydrogens (tertiary/aromatic N) is 5. The maximum Gasteiger partial charge on any atom is 0.272 e. The number of benzene rings is 2. The third kappa shape index (κ3) is 6.13. The SMILES string of the molecule is Cc1c(CCc2cccc(-c3ccccc3)c2)ncnc1C(=O)N1CCC(N2CCC(N(C)C)CC2)CC1. The van der Waals surface area contributed by atoms with E-state index in [1.807, 2.05) is 17.9 Å². The van der Waals surface area contributed by atoms with Crippen LogP contribution >= 0.6 is 0 Å². The highest BCUT2D eigenvalue weighted by atomic mass is 16.2. The van der Waals surface area contributed by atoms with Crippen molar-refractivity contribution >= 4 is 5.91 Å². The molecule has 5 rings (SSSR count). The molecule has 2 aromatic carbocycles. The Hall–Kier alpha value is -3.09. The highest BCUT2D eigenvalue weighted by Crippen LogP contribution is 2.25. The molecule has 0 unspecified atom stereocenters. The lowest BCUT2D eigenvalue weighted by molar-refractivity contribution is 0.0514. The van der Waals surface area contributed by atoms with Crippen molar-refractivity contribution in [3.05, 3.63) is 83.4 Å². The normalized spacial score (nSPS) is 17.7. The molecule has 0 saturated carbocycles. The van der Waals surface area contributed by atoms with Gasteiger partial charge in [0.25, 0.3) is 5.91 Å². The first kappa shape index (κ1) is 26.5. The van der Waals surface area contributed by atoms with Gasteiger partial charge in [0.1, 0.15) is 12.0 Å². The van der Waals surface area contributed by atoms with Gasteiger partial charge in [0.05, 0.1) is 0 Å². The summed E-state index contributed by atoms with van der Waals surface area (Å²) >= 11 is 0. The number of aromatic nitrogens is 2. The number of rotatable bonds is 7. The number of carbonyl (C=O) groups excluding carboxylic acids is 1. The fraction of sp³-hybridized carbons (Fsp3) is 0.469. The Morgan fingerprint density at radius 1 is 0.868 bits per heavy atom. The van der Waals surface area contributed by atoms with E-state index >= 15 is 0 Å². The average Bonchev–Trinajstić information content (AvgIpc) is 2.97. The van der Waals surface area contributed by atoms with Crippen LogP contribution in [-0.4, -0.2) is 82.9 Å². The monoisotopic (exact) mass is 511 g/mol. The van der Waals surface area contributed by atoms with Crippen molar-refractivity contribution in [1.29, 1.82) is 0 Å². The molecule has 3 aromatic rings. The summed E-state index contributed by atoms with van der Waals surface area (Å²) < 4.78 is 0. The lowest BCUT2D eigenvalue weighted by Crippen LogP contribution is -2.51. The minimum atomic E-state index is 0.0574. The summed E-state index contributed by atoms with van der Waals surface area (Å²) in [6, 6.07) is 20.5. The summed E-state index contributed by atoms with van der Waals surface area (Å²) in [4.78, 5) is 29.5. The first-order valence-electron chi connectivity index (χ1n) is 14.1. The number of carbonyl (C=O) groups is 1. The van der Waals surface area contributed by atoms with Gasteiger partial charge in [-0.1, -0.05) is 54.6 Å². The molecule has 1 amide bonds. The minimum absolute atomic E-state index is 0.0574. The van der Waals surface area contributed by atoms with Crippen molar-refractivity contribution in [3.8, 4) is 11.1 Å². The summed E-state index contributed by atoms with van der Waals surface area (Å²) in [7, 11) is 4.38. The molecule has 2 fully saturated rings. The van der Waals surface area contributed by atoms with Crippen LogP contribution in [0.25, 0.3) is 11.1 Å². The van der Waals surface area contributed by atoms with Gasteiger partial charge >= 0.3 is 0 Å². The molecule has 1 aromatic heterocycles. The maximum absolute atomic E-state index is 13.5. The summed E-state index contributed by atoms with van der Waals surface area (Å²) in [6.07, 6.45) is 7.81.